The van der Waals surface area contributed by atoms with Gasteiger partial charge < -0.3 is 14.4 Å². The Balaban J connectivity index is 2.19. The zero-order valence-corrected chi connectivity index (χ0v) is 16.0. The van der Waals surface area contributed by atoms with Crippen LogP contribution in [0.1, 0.15) is 43.6 Å². The molecular weight excluding hydrogens is 316 g/mol. The number of ether oxygens (including phenoxy) is 2. The van der Waals surface area contributed by atoms with Gasteiger partial charge in [0.2, 0.25) is 0 Å². The monoisotopic (exact) mass is 346 g/mol. The van der Waals surface area contributed by atoms with Gasteiger partial charge in [0.1, 0.15) is 0 Å². The molecule has 1 aromatic rings. The summed E-state index contributed by atoms with van der Waals surface area (Å²) >= 11 is 0. The second-order valence-electron chi connectivity index (χ2n) is 7.17. The molecule has 1 saturated heterocycles. The highest BCUT2D eigenvalue weighted by Gasteiger charge is 2.26. The highest BCUT2D eigenvalue weighted by atomic mass is 16.5. The summed E-state index contributed by atoms with van der Waals surface area (Å²) in [7, 11) is 1.40. The van der Waals surface area contributed by atoms with Crippen LogP contribution in [0.15, 0.2) is 24.5 Å². The Bertz CT molecular complexity index is 612. The Hall–Kier alpha value is -2.01. The highest BCUT2D eigenvalue weighted by Crippen LogP contribution is 2.24. The first-order valence-electron chi connectivity index (χ1n) is 8.87. The highest BCUT2D eigenvalue weighted by molar-refractivity contribution is 5.94. The first kappa shape index (κ1) is 19.3. The van der Waals surface area contributed by atoms with Crippen LogP contribution in [0, 0.1) is 0 Å². The molecule has 5 nitrogen and oxygen atoms in total. The summed E-state index contributed by atoms with van der Waals surface area (Å²) in [4.78, 5) is 16.9. The van der Waals surface area contributed by atoms with Gasteiger partial charge in [-0.3, -0.25) is 4.90 Å². The Morgan fingerprint density at radius 1 is 1.20 bits per heavy atom. The van der Waals surface area contributed by atoms with Crippen molar-refractivity contribution in [3.63, 3.8) is 0 Å². The number of hydrogen-bond donors (Lipinski definition) is 0. The minimum absolute atomic E-state index is 0.201. The molecule has 0 N–H and O–H groups in total. The van der Waals surface area contributed by atoms with Crippen molar-refractivity contribution in [2.45, 2.75) is 33.2 Å². The number of nitrogens with zero attached hydrogens (tertiary/aromatic N) is 2. The number of carbonyl (C=O) groups excluding carboxylic acids is 1. The molecule has 0 saturated carbocycles. The summed E-state index contributed by atoms with van der Waals surface area (Å²) in [6.07, 6.45) is 3.45. The Morgan fingerprint density at radius 3 is 2.44 bits per heavy atom. The number of piperazine rings is 1. The number of carbonyl (C=O) groups is 1. The van der Waals surface area contributed by atoms with Crippen molar-refractivity contribution in [3.8, 4) is 0 Å². The number of hydrogen-bond acceptors (Lipinski definition) is 5. The molecule has 5 heteroatoms. The van der Waals surface area contributed by atoms with E-state index in [2.05, 4.69) is 30.6 Å². The number of esters is 1. The number of benzene rings is 1. The van der Waals surface area contributed by atoms with E-state index in [4.69, 9.17) is 9.47 Å². The third-order valence-electron chi connectivity index (χ3n) is 4.54. The van der Waals surface area contributed by atoms with Crippen molar-refractivity contribution in [2.75, 3.05) is 44.8 Å². The Kier molecular flexibility index (Phi) is 6.48. The van der Waals surface area contributed by atoms with Crippen LogP contribution in [0.3, 0.4) is 0 Å². The molecular formula is C20H30N2O3. The van der Waals surface area contributed by atoms with Crippen LogP contribution in [0.25, 0.3) is 6.08 Å². The van der Waals surface area contributed by atoms with E-state index in [1.807, 2.05) is 31.2 Å². The van der Waals surface area contributed by atoms with Gasteiger partial charge in [0.15, 0.2) is 0 Å². The summed E-state index contributed by atoms with van der Waals surface area (Å²) < 4.78 is 10.2. The smallest absolute Gasteiger partial charge is 0.338 e. The van der Waals surface area contributed by atoms with Crippen molar-refractivity contribution in [1.82, 2.24) is 4.90 Å². The van der Waals surface area contributed by atoms with Gasteiger partial charge in [-0.15, -0.1) is 0 Å². The number of anilines is 1. The zero-order valence-electron chi connectivity index (χ0n) is 16.0. The fraction of sp³-hybridized carbons (Fsp3) is 0.550. The van der Waals surface area contributed by atoms with E-state index in [9.17, 15) is 4.79 Å². The molecule has 25 heavy (non-hydrogen) atoms. The van der Waals surface area contributed by atoms with E-state index in [1.54, 1.807) is 6.26 Å². The van der Waals surface area contributed by atoms with Crippen LogP contribution in [0.4, 0.5) is 5.69 Å². The second kappa shape index (κ2) is 8.39. The average molecular weight is 346 g/mol. The SMILES string of the molecule is CCO/C=C/c1cc(N2CCN(C(C)(C)C)CC2)ccc1C(=O)OC. The molecule has 0 bridgehead atoms. The number of rotatable bonds is 5. The number of methoxy groups -OCH3 is 1. The zero-order chi connectivity index (χ0) is 18.4. The normalized spacial score (nSPS) is 16.3. The van der Waals surface area contributed by atoms with Gasteiger partial charge in [-0.1, -0.05) is 0 Å². The third kappa shape index (κ3) is 4.98. The van der Waals surface area contributed by atoms with E-state index in [0.717, 1.165) is 37.4 Å². The van der Waals surface area contributed by atoms with Gasteiger partial charge in [-0.25, -0.2) is 4.79 Å². The molecule has 0 spiro atoms. The fourth-order valence-corrected chi connectivity index (χ4v) is 3.03. The molecule has 1 aromatic carbocycles. The van der Waals surface area contributed by atoms with Crippen LogP contribution >= 0.6 is 0 Å². The third-order valence-corrected chi connectivity index (χ3v) is 4.54. The molecule has 0 aliphatic carbocycles. The van der Waals surface area contributed by atoms with Crippen LogP contribution < -0.4 is 4.90 Å². The largest absolute Gasteiger partial charge is 0.501 e. The van der Waals surface area contributed by atoms with E-state index < -0.39 is 0 Å². The van der Waals surface area contributed by atoms with Crippen LogP contribution in [-0.2, 0) is 9.47 Å². The van der Waals surface area contributed by atoms with Gasteiger partial charge in [-0.2, -0.15) is 0 Å². The molecule has 0 unspecified atom stereocenters. The fourth-order valence-electron chi connectivity index (χ4n) is 3.03. The maximum atomic E-state index is 12.0. The molecule has 1 heterocycles. The van der Waals surface area contributed by atoms with Crippen molar-refractivity contribution in [2.24, 2.45) is 0 Å². The molecule has 0 aromatic heterocycles. The second-order valence-corrected chi connectivity index (χ2v) is 7.17. The van der Waals surface area contributed by atoms with Gasteiger partial charge in [-0.05, 0) is 57.5 Å². The predicted molar refractivity (Wildman–Crippen MR) is 102 cm³/mol. The summed E-state index contributed by atoms with van der Waals surface area (Å²) in [6.45, 7) is 13.3. The standard InChI is InChI=1S/C20H30N2O3/c1-6-25-14-9-16-15-17(7-8-18(16)19(23)24-5)21-10-12-22(13-11-21)20(2,3)4/h7-9,14-15H,6,10-13H2,1-5H3/b14-9+. The van der Waals surface area contributed by atoms with Crippen molar-refractivity contribution < 1.29 is 14.3 Å². The predicted octanol–water partition coefficient (Wildman–Crippen LogP) is 3.40. The van der Waals surface area contributed by atoms with Gasteiger partial charge in [0, 0.05) is 37.4 Å². The molecule has 1 aliphatic rings. The summed E-state index contributed by atoms with van der Waals surface area (Å²) in [6, 6.07) is 5.87. The maximum Gasteiger partial charge on any atom is 0.338 e. The molecule has 0 amide bonds. The molecule has 0 atom stereocenters. The maximum absolute atomic E-state index is 12.0. The molecule has 1 aliphatic heterocycles. The van der Waals surface area contributed by atoms with Gasteiger partial charge in [0.05, 0.1) is 25.5 Å². The van der Waals surface area contributed by atoms with E-state index in [1.165, 1.54) is 7.11 Å². The van der Waals surface area contributed by atoms with Crippen LogP contribution in [0.5, 0.6) is 0 Å². The molecule has 138 valence electrons. The summed E-state index contributed by atoms with van der Waals surface area (Å²) in [5.74, 6) is -0.333. The van der Waals surface area contributed by atoms with Crippen molar-refractivity contribution in [3.05, 3.63) is 35.6 Å². The quantitative estimate of drug-likeness (QED) is 0.604. The van der Waals surface area contributed by atoms with Gasteiger partial charge in [0.25, 0.3) is 0 Å². The Morgan fingerprint density at radius 2 is 1.88 bits per heavy atom. The summed E-state index contributed by atoms with van der Waals surface area (Å²) in [5, 5.41) is 0. The topological polar surface area (TPSA) is 42.0 Å². The first-order valence-corrected chi connectivity index (χ1v) is 8.87. The van der Waals surface area contributed by atoms with Crippen LogP contribution in [0.2, 0.25) is 0 Å². The summed E-state index contributed by atoms with van der Waals surface area (Å²) in [5.41, 5.74) is 2.69. The van der Waals surface area contributed by atoms with Crippen molar-refractivity contribution in [1.29, 1.82) is 0 Å². The lowest BCUT2D eigenvalue weighted by atomic mass is 10.0. The van der Waals surface area contributed by atoms with Crippen molar-refractivity contribution >= 4 is 17.7 Å². The van der Waals surface area contributed by atoms with E-state index in [0.29, 0.717) is 12.2 Å². The molecule has 2 rings (SSSR count). The minimum atomic E-state index is -0.333. The Labute approximate surface area is 151 Å². The average Bonchev–Trinajstić information content (AvgIpc) is 2.60. The molecule has 1 fully saturated rings. The van der Waals surface area contributed by atoms with Crippen LogP contribution in [-0.4, -0.2) is 56.3 Å². The lowest BCUT2D eigenvalue weighted by Crippen LogP contribution is -2.53. The molecule has 0 radical (unpaired) electrons. The van der Waals surface area contributed by atoms with E-state index in [-0.39, 0.29) is 11.5 Å². The minimum Gasteiger partial charge on any atom is -0.501 e. The van der Waals surface area contributed by atoms with E-state index >= 15 is 0 Å². The lowest BCUT2D eigenvalue weighted by Gasteiger charge is -2.43. The first-order chi connectivity index (χ1) is 11.9. The lowest BCUT2D eigenvalue weighted by molar-refractivity contribution is 0.0600. The van der Waals surface area contributed by atoms with Gasteiger partial charge >= 0.3 is 5.97 Å².